The van der Waals surface area contributed by atoms with Crippen LogP contribution in [0.2, 0.25) is 0 Å². The third-order valence-electron chi connectivity index (χ3n) is 3.50. The van der Waals surface area contributed by atoms with Gasteiger partial charge in [-0.3, -0.25) is 0 Å². The minimum absolute atomic E-state index is 0.501. The summed E-state index contributed by atoms with van der Waals surface area (Å²) in [7, 11) is 1.73. The van der Waals surface area contributed by atoms with E-state index in [1.54, 1.807) is 7.11 Å². The van der Waals surface area contributed by atoms with Crippen molar-refractivity contribution in [2.24, 2.45) is 0 Å². The summed E-state index contributed by atoms with van der Waals surface area (Å²) in [6.07, 6.45) is 2.22. The Morgan fingerprint density at radius 3 is 2.61 bits per heavy atom. The molecule has 1 aromatic carbocycles. The molecule has 0 aromatic heterocycles. The molecule has 0 aliphatic carbocycles. The molecule has 1 heterocycles. The molecule has 0 saturated carbocycles. The Bertz CT molecular complexity index is 374. The summed E-state index contributed by atoms with van der Waals surface area (Å²) in [6, 6.07) is 4.96. The van der Waals surface area contributed by atoms with Gasteiger partial charge >= 0.3 is 0 Å². The molecule has 0 spiro atoms. The molecule has 0 bridgehead atoms. The number of nitrogens with one attached hydrogen (secondary N) is 1. The molecular weight excluding hydrogens is 226 g/mol. The lowest BCUT2D eigenvalue weighted by Gasteiger charge is -2.23. The van der Waals surface area contributed by atoms with Gasteiger partial charge in [0.15, 0.2) is 0 Å². The highest BCUT2D eigenvalue weighted by atomic mass is 16.5. The normalized spacial score (nSPS) is 19.8. The van der Waals surface area contributed by atoms with Crippen molar-refractivity contribution in [1.29, 1.82) is 0 Å². The average molecular weight is 249 g/mol. The van der Waals surface area contributed by atoms with Crippen molar-refractivity contribution in [2.75, 3.05) is 26.9 Å². The van der Waals surface area contributed by atoms with Crippen LogP contribution in [0.5, 0.6) is 5.75 Å². The molecule has 1 aliphatic rings. The SMILES string of the molecule is COc1c(C)cc(CCC2COCCN2)cc1C. The van der Waals surface area contributed by atoms with Crippen molar-refractivity contribution >= 4 is 0 Å². The molecule has 1 fully saturated rings. The molecule has 0 radical (unpaired) electrons. The highest BCUT2D eigenvalue weighted by Gasteiger charge is 2.13. The second-order valence-corrected chi connectivity index (χ2v) is 5.03. The fourth-order valence-corrected chi connectivity index (χ4v) is 2.65. The largest absolute Gasteiger partial charge is 0.496 e. The maximum Gasteiger partial charge on any atom is 0.124 e. The van der Waals surface area contributed by atoms with Crippen LogP contribution in [-0.2, 0) is 11.2 Å². The quantitative estimate of drug-likeness (QED) is 0.887. The van der Waals surface area contributed by atoms with Gasteiger partial charge in [-0.15, -0.1) is 0 Å². The Morgan fingerprint density at radius 2 is 2.06 bits per heavy atom. The Balaban J connectivity index is 1.96. The van der Waals surface area contributed by atoms with Gasteiger partial charge in [0.2, 0.25) is 0 Å². The van der Waals surface area contributed by atoms with Crippen molar-refractivity contribution < 1.29 is 9.47 Å². The molecule has 1 aromatic rings. The van der Waals surface area contributed by atoms with E-state index in [4.69, 9.17) is 9.47 Å². The Morgan fingerprint density at radius 1 is 1.33 bits per heavy atom. The fraction of sp³-hybridized carbons (Fsp3) is 0.600. The zero-order valence-corrected chi connectivity index (χ0v) is 11.6. The van der Waals surface area contributed by atoms with Gasteiger partial charge < -0.3 is 14.8 Å². The molecule has 1 N–H and O–H groups in total. The maximum absolute atomic E-state index is 5.47. The summed E-state index contributed by atoms with van der Waals surface area (Å²) >= 11 is 0. The van der Waals surface area contributed by atoms with Crippen LogP contribution in [0.25, 0.3) is 0 Å². The van der Waals surface area contributed by atoms with Gasteiger partial charge in [0.1, 0.15) is 5.75 Å². The lowest BCUT2D eigenvalue weighted by Crippen LogP contribution is -2.41. The van der Waals surface area contributed by atoms with Gasteiger partial charge in [0, 0.05) is 12.6 Å². The topological polar surface area (TPSA) is 30.5 Å². The summed E-state index contributed by atoms with van der Waals surface area (Å²) in [5, 5.41) is 3.49. The van der Waals surface area contributed by atoms with Crippen molar-refractivity contribution in [3.8, 4) is 5.75 Å². The van der Waals surface area contributed by atoms with Gasteiger partial charge in [-0.05, 0) is 43.4 Å². The molecule has 3 heteroatoms. The van der Waals surface area contributed by atoms with E-state index in [0.29, 0.717) is 6.04 Å². The molecule has 18 heavy (non-hydrogen) atoms. The minimum atomic E-state index is 0.501. The average Bonchev–Trinajstić information content (AvgIpc) is 2.37. The highest BCUT2D eigenvalue weighted by Crippen LogP contribution is 2.25. The van der Waals surface area contributed by atoms with E-state index in [0.717, 1.165) is 38.3 Å². The zero-order valence-electron chi connectivity index (χ0n) is 11.6. The Hall–Kier alpha value is -1.06. The summed E-state index contributed by atoms with van der Waals surface area (Å²) in [5.41, 5.74) is 3.83. The van der Waals surface area contributed by atoms with E-state index in [2.05, 4.69) is 31.3 Å². The number of rotatable bonds is 4. The van der Waals surface area contributed by atoms with Gasteiger partial charge in [-0.2, -0.15) is 0 Å². The first-order valence-corrected chi connectivity index (χ1v) is 6.66. The molecule has 100 valence electrons. The number of morpholine rings is 1. The number of hydrogen-bond acceptors (Lipinski definition) is 3. The zero-order chi connectivity index (χ0) is 13.0. The van der Waals surface area contributed by atoms with Crippen LogP contribution in [0.1, 0.15) is 23.1 Å². The summed E-state index contributed by atoms with van der Waals surface area (Å²) in [4.78, 5) is 0. The van der Waals surface area contributed by atoms with Crippen LogP contribution in [0.3, 0.4) is 0 Å². The molecule has 2 rings (SSSR count). The number of ether oxygens (including phenoxy) is 2. The van der Waals surface area contributed by atoms with Crippen molar-refractivity contribution in [3.63, 3.8) is 0 Å². The number of methoxy groups -OCH3 is 1. The molecule has 0 amide bonds. The van der Waals surface area contributed by atoms with Crippen LogP contribution in [0.15, 0.2) is 12.1 Å². The van der Waals surface area contributed by atoms with E-state index >= 15 is 0 Å². The van der Waals surface area contributed by atoms with Crippen LogP contribution in [-0.4, -0.2) is 32.9 Å². The smallest absolute Gasteiger partial charge is 0.124 e. The summed E-state index contributed by atoms with van der Waals surface area (Å²) in [6.45, 7) is 6.88. The molecule has 3 nitrogen and oxygen atoms in total. The highest BCUT2D eigenvalue weighted by molar-refractivity contribution is 5.43. The van der Waals surface area contributed by atoms with Crippen molar-refractivity contribution in [2.45, 2.75) is 32.7 Å². The second kappa shape index (κ2) is 6.21. The van der Waals surface area contributed by atoms with Crippen molar-refractivity contribution in [3.05, 3.63) is 28.8 Å². The van der Waals surface area contributed by atoms with Crippen LogP contribution < -0.4 is 10.1 Å². The third-order valence-corrected chi connectivity index (χ3v) is 3.50. The van der Waals surface area contributed by atoms with E-state index in [9.17, 15) is 0 Å². The van der Waals surface area contributed by atoms with Gasteiger partial charge in [-0.25, -0.2) is 0 Å². The standard InChI is InChI=1S/C15H23NO2/c1-11-8-13(9-12(2)15(11)17-3)4-5-14-10-18-7-6-16-14/h8-9,14,16H,4-7,10H2,1-3H3. The number of benzene rings is 1. The predicted molar refractivity (Wildman–Crippen MR) is 73.4 cm³/mol. The van der Waals surface area contributed by atoms with Crippen LogP contribution in [0.4, 0.5) is 0 Å². The maximum atomic E-state index is 5.47. The third kappa shape index (κ3) is 3.24. The first-order valence-electron chi connectivity index (χ1n) is 6.66. The Labute approximate surface area is 109 Å². The van der Waals surface area contributed by atoms with E-state index in [1.807, 2.05) is 0 Å². The molecule has 1 aliphatic heterocycles. The lowest BCUT2D eigenvalue weighted by atomic mass is 10.00. The molecule has 1 unspecified atom stereocenters. The second-order valence-electron chi connectivity index (χ2n) is 5.03. The van der Waals surface area contributed by atoms with Gasteiger partial charge in [0.05, 0.1) is 20.3 Å². The number of aryl methyl sites for hydroxylation is 3. The van der Waals surface area contributed by atoms with E-state index < -0.39 is 0 Å². The summed E-state index contributed by atoms with van der Waals surface area (Å²) < 4.78 is 10.9. The van der Waals surface area contributed by atoms with Crippen LogP contribution in [0, 0.1) is 13.8 Å². The minimum Gasteiger partial charge on any atom is -0.496 e. The molecule has 1 saturated heterocycles. The van der Waals surface area contributed by atoms with Crippen LogP contribution >= 0.6 is 0 Å². The summed E-state index contributed by atoms with van der Waals surface area (Å²) in [5.74, 6) is 1.01. The predicted octanol–water partition coefficient (Wildman–Crippen LogP) is 2.23. The van der Waals surface area contributed by atoms with Gasteiger partial charge in [-0.1, -0.05) is 12.1 Å². The van der Waals surface area contributed by atoms with Crippen molar-refractivity contribution in [1.82, 2.24) is 5.32 Å². The van der Waals surface area contributed by atoms with Gasteiger partial charge in [0.25, 0.3) is 0 Å². The first kappa shape index (κ1) is 13.4. The first-order chi connectivity index (χ1) is 8.70. The lowest BCUT2D eigenvalue weighted by molar-refractivity contribution is 0.0743. The number of hydrogen-bond donors (Lipinski definition) is 1. The molecular formula is C15H23NO2. The van der Waals surface area contributed by atoms with E-state index in [1.165, 1.54) is 16.7 Å². The van der Waals surface area contributed by atoms with E-state index in [-0.39, 0.29) is 0 Å². The Kier molecular flexibility index (Phi) is 4.61. The monoisotopic (exact) mass is 249 g/mol. The fourth-order valence-electron chi connectivity index (χ4n) is 2.65. The molecule has 1 atom stereocenters.